The Morgan fingerprint density at radius 3 is 2.70 bits per heavy atom. The molecule has 5 heteroatoms. The van der Waals surface area contributed by atoms with Crippen LogP contribution < -0.4 is 10.6 Å². The van der Waals surface area contributed by atoms with Gasteiger partial charge in [-0.15, -0.1) is 0 Å². The number of carbonyl (C=O) groups is 1. The molecule has 2 aliphatic rings. The summed E-state index contributed by atoms with van der Waals surface area (Å²) in [5.41, 5.74) is 0.342. The smallest absolute Gasteiger partial charge is 0.226 e. The van der Waals surface area contributed by atoms with Crippen molar-refractivity contribution >= 4 is 5.91 Å². The van der Waals surface area contributed by atoms with Crippen molar-refractivity contribution in [1.82, 2.24) is 10.6 Å². The number of ether oxygens (including phenoxy) is 1. The van der Waals surface area contributed by atoms with Crippen LogP contribution in [0.15, 0.2) is 24.3 Å². The summed E-state index contributed by atoms with van der Waals surface area (Å²) in [7, 11) is 0. The first-order valence-corrected chi connectivity index (χ1v) is 7.06. The highest BCUT2D eigenvalue weighted by atomic mass is 19.1. The molecule has 1 aromatic carbocycles. The van der Waals surface area contributed by atoms with E-state index in [0.717, 1.165) is 18.7 Å². The van der Waals surface area contributed by atoms with E-state index in [4.69, 9.17) is 4.74 Å². The van der Waals surface area contributed by atoms with Crippen LogP contribution in [0, 0.1) is 11.7 Å². The summed E-state index contributed by atoms with van der Waals surface area (Å²) in [5, 5.41) is 6.25. The maximum atomic E-state index is 13.5. The van der Waals surface area contributed by atoms with Crippen molar-refractivity contribution in [1.29, 1.82) is 0 Å². The molecule has 4 nitrogen and oxygen atoms in total. The monoisotopic (exact) mass is 278 g/mol. The highest BCUT2D eigenvalue weighted by Crippen LogP contribution is 2.33. The fourth-order valence-corrected chi connectivity index (χ4v) is 2.80. The Bertz CT molecular complexity index is 496. The molecule has 0 radical (unpaired) electrons. The van der Waals surface area contributed by atoms with Gasteiger partial charge in [-0.25, -0.2) is 4.39 Å². The number of carbonyl (C=O) groups excluding carboxylic acids is 1. The Kier molecular flexibility index (Phi) is 3.72. The van der Waals surface area contributed by atoms with Gasteiger partial charge in [-0.05, 0) is 30.5 Å². The van der Waals surface area contributed by atoms with E-state index < -0.39 is 5.54 Å². The summed E-state index contributed by atoms with van der Waals surface area (Å²) in [5.74, 6) is -0.189. The van der Waals surface area contributed by atoms with E-state index in [1.165, 1.54) is 12.1 Å². The largest absolute Gasteiger partial charge is 0.381 e. The van der Waals surface area contributed by atoms with Crippen LogP contribution in [-0.2, 0) is 15.1 Å². The van der Waals surface area contributed by atoms with Crippen LogP contribution in [0.3, 0.4) is 0 Å². The van der Waals surface area contributed by atoms with Gasteiger partial charge in [0.15, 0.2) is 0 Å². The van der Waals surface area contributed by atoms with Crippen molar-refractivity contribution in [3.8, 4) is 0 Å². The predicted molar refractivity (Wildman–Crippen MR) is 72.6 cm³/mol. The van der Waals surface area contributed by atoms with Crippen molar-refractivity contribution in [3.05, 3.63) is 35.6 Å². The SMILES string of the molecule is O=C(NC1(c2cccc(F)c2)CCOCC1)C1CNC1. The van der Waals surface area contributed by atoms with Crippen LogP contribution in [-0.4, -0.2) is 32.2 Å². The van der Waals surface area contributed by atoms with Crippen LogP contribution in [0.5, 0.6) is 0 Å². The molecule has 0 aromatic heterocycles. The zero-order chi connectivity index (χ0) is 14.0. The van der Waals surface area contributed by atoms with Crippen LogP contribution in [0.25, 0.3) is 0 Å². The molecule has 3 rings (SSSR count). The molecule has 2 heterocycles. The van der Waals surface area contributed by atoms with E-state index in [1.54, 1.807) is 6.07 Å². The molecule has 20 heavy (non-hydrogen) atoms. The average molecular weight is 278 g/mol. The third-order valence-electron chi connectivity index (χ3n) is 4.24. The molecule has 0 saturated carbocycles. The zero-order valence-corrected chi connectivity index (χ0v) is 11.3. The minimum absolute atomic E-state index is 0.0308. The molecular formula is C15H19FN2O2. The lowest BCUT2D eigenvalue weighted by Crippen LogP contribution is -2.57. The number of amides is 1. The maximum absolute atomic E-state index is 13.5. The summed E-state index contributed by atoms with van der Waals surface area (Å²) in [6, 6.07) is 6.52. The number of hydrogen-bond donors (Lipinski definition) is 2. The summed E-state index contributed by atoms with van der Waals surface area (Å²) in [6.45, 7) is 2.61. The molecule has 2 N–H and O–H groups in total. The number of hydrogen-bond acceptors (Lipinski definition) is 3. The molecule has 0 aliphatic carbocycles. The lowest BCUT2D eigenvalue weighted by atomic mass is 9.82. The number of rotatable bonds is 3. The van der Waals surface area contributed by atoms with Gasteiger partial charge in [0.2, 0.25) is 5.91 Å². The normalized spacial score (nSPS) is 22.1. The first-order chi connectivity index (χ1) is 9.70. The van der Waals surface area contributed by atoms with Crippen molar-refractivity contribution in [2.45, 2.75) is 18.4 Å². The van der Waals surface area contributed by atoms with E-state index in [0.29, 0.717) is 26.1 Å². The standard InChI is InChI=1S/C15H19FN2O2/c16-13-3-1-2-12(8-13)15(4-6-20-7-5-15)18-14(19)11-9-17-10-11/h1-3,8,11,17H,4-7,9-10H2,(H,18,19). The second-order valence-electron chi connectivity index (χ2n) is 5.55. The highest BCUT2D eigenvalue weighted by Gasteiger charge is 2.38. The minimum atomic E-state index is -0.493. The highest BCUT2D eigenvalue weighted by molar-refractivity contribution is 5.81. The van der Waals surface area contributed by atoms with Crippen molar-refractivity contribution in [2.24, 2.45) is 5.92 Å². The summed E-state index contributed by atoms with van der Waals surface area (Å²) in [4.78, 5) is 12.3. The van der Waals surface area contributed by atoms with Gasteiger partial charge in [0.25, 0.3) is 0 Å². The van der Waals surface area contributed by atoms with Gasteiger partial charge in [-0.3, -0.25) is 4.79 Å². The van der Waals surface area contributed by atoms with Crippen LogP contribution in [0.4, 0.5) is 4.39 Å². The number of benzene rings is 1. The van der Waals surface area contributed by atoms with E-state index >= 15 is 0 Å². The minimum Gasteiger partial charge on any atom is -0.381 e. The number of nitrogens with one attached hydrogen (secondary N) is 2. The molecule has 2 saturated heterocycles. The Morgan fingerprint density at radius 1 is 1.35 bits per heavy atom. The van der Waals surface area contributed by atoms with Gasteiger partial charge in [0, 0.05) is 26.3 Å². The zero-order valence-electron chi connectivity index (χ0n) is 11.3. The van der Waals surface area contributed by atoms with E-state index in [2.05, 4.69) is 10.6 Å². The average Bonchev–Trinajstić information content (AvgIpc) is 2.37. The molecular weight excluding hydrogens is 259 g/mol. The van der Waals surface area contributed by atoms with Gasteiger partial charge in [-0.2, -0.15) is 0 Å². The second-order valence-corrected chi connectivity index (χ2v) is 5.55. The van der Waals surface area contributed by atoms with Crippen molar-refractivity contribution in [3.63, 3.8) is 0 Å². The molecule has 2 aliphatic heterocycles. The van der Waals surface area contributed by atoms with Gasteiger partial charge >= 0.3 is 0 Å². The molecule has 0 unspecified atom stereocenters. The lowest BCUT2D eigenvalue weighted by Gasteiger charge is -2.40. The Balaban J connectivity index is 1.85. The Labute approximate surface area is 117 Å². The van der Waals surface area contributed by atoms with Gasteiger partial charge in [0.1, 0.15) is 5.82 Å². The van der Waals surface area contributed by atoms with Gasteiger partial charge in [-0.1, -0.05) is 12.1 Å². The topological polar surface area (TPSA) is 50.4 Å². The van der Waals surface area contributed by atoms with Crippen molar-refractivity contribution < 1.29 is 13.9 Å². The first-order valence-electron chi connectivity index (χ1n) is 7.06. The predicted octanol–water partition coefficient (Wildman–Crippen LogP) is 1.17. The van der Waals surface area contributed by atoms with E-state index in [9.17, 15) is 9.18 Å². The molecule has 0 atom stereocenters. The fraction of sp³-hybridized carbons (Fsp3) is 0.533. The van der Waals surface area contributed by atoms with Crippen LogP contribution in [0.2, 0.25) is 0 Å². The van der Waals surface area contributed by atoms with E-state index in [1.807, 2.05) is 6.07 Å². The fourth-order valence-electron chi connectivity index (χ4n) is 2.80. The van der Waals surface area contributed by atoms with Gasteiger partial charge < -0.3 is 15.4 Å². The molecule has 108 valence electrons. The lowest BCUT2D eigenvalue weighted by molar-refractivity contribution is -0.130. The maximum Gasteiger partial charge on any atom is 0.226 e. The van der Waals surface area contributed by atoms with E-state index in [-0.39, 0.29) is 17.6 Å². The van der Waals surface area contributed by atoms with Crippen LogP contribution >= 0.6 is 0 Å². The Morgan fingerprint density at radius 2 is 2.10 bits per heavy atom. The third-order valence-corrected chi connectivity index (χ3v) is 4.24. The van der Waals surface area contributed by atoms with Crippen LogP contribution in [0.1, 0.15) is 18.4 Å². The second kappa shape index (κ2) is 5.50. The molecule has 1 aromatic rings. The molecule has 0 bridgehead atoms. The summed E-state index contributed by atoms with van der Waals surface area (Å²) < 4.78 is 18.9. The molecule has 0 spiro atoms. The van der Waals surface area contributed by atoms with Gasteiger partial charge in [0.05, 0.1) is 11.5 Å². The third kappa shape index (κ3) is 2.55. The molecule has 1 amide bonds. The first kappa shape index (κ1) is 13.5. The van der Waals surface area contributed by atoms with Crippen molar-refractivity contribution in [2.75, 3.05) is 26.3 Å². The Hall–Kier alpha value is -1.46. The summed E-state index contributed by atoms with van der Waals surface area (Å²) >= 11 is 0. The number of halogens is 1. The molecule has 2 fully saturated rings. The quantitative estimate of drug-likeness (QED) is 0.872. The summed E-state index contributed by atoms with van der Waals surface area (Å²) in [6.07, 6.45) is 1.37.